The van der Waals surface area contributed by atoms with Crippen molar-refractivity contribution in [2.75, 3.05) is 7.11 Å². The molecular formula is C30H29N3O3. The zero-order valence-electron chi connectivity index (χ0n) is 20.2. The van der Waals surface area contributed by atoms with Gasteiger partial charge in [-0.05, 0) is 46.5 Å². The van der Waals surface area contributed by atoms with Crippen molar-refractivity contribution in [1.82, 2.24) is 15.2 Å². The SMILES string of the molecule is COc1ccc(CN(C(=O)Cc2ccccc2)[C@@H](C(=O)NCc2ccncc2)c2ccccc2)cc1. The number of hydrogen-bond donors (Lipinski definition) is 1. The van der Waals surface area contributed by atoms with E-state index in [2.05, 4.69) is 10.3 Å². The molecule has 1 aromatic heterocycles. The molecule has 0 spiro atoms. The van der Waals surface area contributed by atoms with E-state index >= 15 is 0 Å². The first-order chi connectivity index (χ1) is 17.6. The number of nitrogens with zero attached hydrogens (tertiary/aromatic N) is 2. The Morgan fingerprint density at radius 3 is 2.08 bits per heavy atom. The number of carbonyl (C=O) groups is 2. The Labute approximate surface area is 211 Å². The van der Waals surface area contributed by atoms with Gasteiger partial charge in [0.1, 0.15) is 11.8 Å². The smallest absolute Gasteiger partial charge is 0.247 e. The summed E-state index contributed by atoms with van der Waals surface area (Å²) in [6, 6.07) is 29.5. The normalized spacial score (nSPS) is 11.4. The maximum absolute atomic E-state index is 13.7. The van der Waals surface area contributed by atoms with Gasteiger partial charge in [-0.2, -0.15) is 0 Å². The molecule has 6 heteroatoms. The van der Waals surface area contributed by atoms with Crippen LogP contribution < -0.4 is 10.1 Å². The predicted molar refractivity (Wildman–Crippen MR) is 139 cm³/mol. The van der Waals surface area contributed by atoms with Crippen molar-refractivity contribution in [3.8, 4) is 5.75 Å². The van der Waals surface area contributed by atoms with E-state index in [1.807, 2.05) is 97.1 Å². The third-order valence-corrected chi connectivity index (χ3v) is 5.92. The molecule has 6 nitrogen and oxygen atoms in total. The molecule has 0 aliphatic heterocycles. The number of rotatable bonds is 10. The maximum atomic E-state index is 13.7. The van der Waals surface area contributed by atoms with Crippen LogP contribution in [0.1, 0.15) is 28.3 Å². The van der Waals surface area contributed by atoms with Crippen LogP contribution in [-0.2, 0) is 29.1 Å². The second-order valence-corrected chi connectivity index (χ2v) is 8.42. The Bertz CT molecular complexity index is 1250. The number of pyridine rings is 1. The average Bonchev–Trinajstić information content (AvgIpc) is 2.93. The third kappa shape index (κ3) is 6.57. The van der Waals surface area contributed by atoms with Crippen LogP contribution in [0, 0.1) is 0 Å². The minimum Gasteiger partial charge on any atom is -0.497 e. The van der Waals surface area contributed by atoms with E-state index in [-0.39, 0.29) is 24.8 Å². The van der Waals surface area contributed by atoms with Gasteiger partial charge in [-0.3, -0.25) is 14.6 Å². The number of benzene rings is 3. The number of ether oxygens (including phenoxy) is 1. The van der Waals surface area contributed by atoms with Crippen molar-refractivity contribution >= 4 is 11.8 Å². The summed E-state index contributed by atoms with van der Waals surface area (Å²) in [5, 5.41) is 3.02. The Hall–Kier alpha value is -4.45. The molecule has 182 valence electrons. The molecule has 36 heavy (non-hydrogen) atoms. The van der Waals surface area contributed by atoms with Gasteiger partial charge in [0.15, 0.2) is 0 Å². The second-order valence-electron chi connectivity index (χ2n) is 8.42. The summed E-state index contributed by atoms with van der Waals surface area (Å²) in [7, 11) is 1.61. The molecule has 0 aliphatic carbocycles. The van der Waals surface area contributed by atoms with Crippen LogP contribution in [0.2, 0.25) is 0 Å². The summed E-state index contributed by atoms with van der Waals surface area (Å²) in [6.45, 7) is 0.617. The van der Waals surface area contributed by atoms with Crippen molar-refractivity contribution in [2.45, 2.75) is 25.6 Å². The largest absolute Gasteiger partial charge is 0.497 e. The molecule has 1 heterocycles. The molecule has 0 saturated heterocycles. The van der Waals surface area contributed by atoms with Gasteiger partial charge in [-0.1, -0.05) is 72.8 Å². The van der Waals surface area contributed by atoms with E-state index in [9.17, 15) is 9.59 Å². The van der Waals surface area contributed by atoms with Gasteiger partial charge in [0.25, 0.3) is 0 Å². The quantitative estimate of drug-likeness (QED) is 0.357. The van der Waals surface area contributed by atoms with Crippen LogP contribution in [0.5, 0.6) is 5.75 Å². The fraction of sp³-hybridized carbons (Fsp3) is 0.167. The highest BCUT2D eigenvalue weighted by atomic mass is 16.5. The van der Waals surface area contributed by atoms with Crippen LogP contribution in [0.4, 0.5) is 0 Å². The van der Waals surface area contributed by atoms with Crippen LogP contribution in [0.25, 0.3) is 0 Å². The van der Waals surface area contributed by atoms with Crippen LogP contribution in [-0.4, -0.2) is 28.8 Å². The Kier molecular flexibility index (Phi) is 8.44. The number of amides is 2. The van der Waals surface area contributed by atoms with Crippen molar-refractivity contribution in [3.05, 3.63) is 132 Å². The maximum Gasteiger partial charge on any atom is 0.247 e. The van der Waals surface area contributed by atoms with Gasteiger partial charge in [0, 0.05) is 25.5 Å². The molecule has 0 radical (unpaired) electrons. The molecule has 0 bridgehead atoms. The highest BCUT2D eigenvalue weighted by Crippen LogP contribution is 2.26. The zero-order valence-corrected chi connectivity index (χ0v) is 20.2. The van der Waals surface area contributed by atoms with E-state index in [0.717, 1.165) is 28.0 Å². The van der Waals surface area contributed by atoms with E-state index in [0.29, 0.717) is 6.54 Å². The lowest BCUT2D eigenvalue weighted by Gasteiger charge is -2.32. The molecule has 0 saturated carbocycles. The lowest BCUT2D eigenvalue weighted by atomic mass is 10.0. The van der Waals surface area contributed by atoms with Gasteiger partial charge < -0.3 is 15.0 Å². The minimum atomic E-state index is -0.800. The fourth-order valence-electron chi connectivity index (χ4n) is 4.02. The van der Waals surface area contributed by atoms with Crippen LogP contribution >= 0.6 is 0 Å². The second kappa shape index (κ2) is 12.3. The number of methoxy groups -OCH3 is 1. The van der Waals surface area contributed by atoms with Crippen molar-refractivity contribution in [3.63, 3.8) is 0 Å². The molecule has 4 aromatic rings. The monoisotopic (exact) mass is 479 g/mol. The summed E-state index contributed by atoms with van der Waals surface area (Å²) in [5.41, 5.74) is 3.48. The van der Waals surface area contributed by atoms with Crippen LogP contribution in [0.3, 0.4) is 0 Å². The van der Waals surface area contributed by atoms with Gasteiger partial charge in [0.2, 0.25) is 11.8 Å². The van der Waals surface area contributed by atoms with E-state index in [4.69, 9.17) is 4.74 Å². The molecule has 0 fully saturated rings. The summed E-state index contributed by atoms with van der Waals surface area (Å²) in [6.07, 6.45) is 3.57. The molecular weight excluding hydrogens is 450 g/mol. The van der Waals surface area contributed by atoms with Gasteiger partial charge in [-0.15, -0.1) is 0 Å². The highest BCUT2D eigenvalue weighted by Gasteiger charge is 2.31. The van der Waals surface area contributed by atoms with Gasteiger partial charge >= 0.3 is 0 Å². The average molecular weight is 480 g/mol. The standard InChI is InChI=1S/C30H29N3O3/c1-36-27-14-12-25(13-15-27)22-33(28(34)20-23-8-4-2-5-9-23)29(26-10-6-3-7-11-26)30(35)32-21-24-16-18-31-19-17-24/h2-19,29H,20-22H2,1H3,(H,32,35)/t29-/m1/s1. The lowest BCUT2D eigenvalue weighted by Crippen LogP contribution is -2.43. The molecule has 1 N–H and O–H groups in total. The zero-order chi connectivity index (χ0) is 25.2. The lowest BCUT2D eigenvalue weighted by molar-refractivity contribution is -0.141. The fourth-order valence-corrected chi connectivity index (χ4v) is 4.02. The molecule has 0 unspecified atom stereocenters. The Morgan fingerprint density at radius 1 is 0.806 bits per heavy atom. The highest BCUT2D eigenvalue weighted by molar-refractivity contribution is 5.89. The number of carbonyl (C=O) groups excluding carboxylic acids is 2. The Morgan fingerprint density at radius 2 is 1.44 bits per heavy atom. The first-order valence-electron chi connectivity index (χ1n) is 11.8. The molecule has 2 amide bonds. The van der Waals surface area contributed by atoms with Crippen molar-refractivity contribution in [2.24, 2.45) is 0 Å². The summed E-state index contributed by atoms with van der Waals surface area (Å²) in [4.78, 5) is 33.1. The number of aromatic nitrogens is 1. The van der Waals surface area contributed by atoms with E-state index in [1.165, 1.54) is 0 Å². The molecule has 3 aromatic carbocycles. The number of hydrogen-bond acceptors (Lipinski definition) is 4. The number of nitrogens with one attached hydrogen (secondary N) is 1. The van der Waals surface area contributed by atoms with Gasteiger partial charge in [-0.25, -0.2) is 0 Å². The third-order valence-electron chi connectivity index (χ3n) is 5.92. The first kappa shape index (κ1) is 24.7. The molecule has 0 aliphatic rings. The summed E-state index contributed by atoms with van der Waals surface area (Å²) in [5.74, 6) is 0.355. The minimum absolute atomic E-state index is 0.134. The first-order valence-corrected chi connectivity index (χ1v) is 11.8. The topological polar surface area (TPSA) is 71.5 Å². The van der Waals surface area contributed by atoms with Crippen molar-refractivity contribution in [1.29, 1.82) is 0 Å². The van der Waals surface area contributed by atoms with Crippen molar-refractivity contribution < 1.29 is 14.3 Å². The van der Waals surface area contributed by atoms with Crippen LogP contribution in [0.15, 0.2) is 109 Å². The molecule has 4 rings (SSSR count). The summed E-state index contributed by atoms with van der Waals surface area (Å²) < 4.78 is 5.28. The predicted octanol–water partition coefficient (Wildman–Crippen LogP) is 4.72. The van der Waals surface area contributed by atoms with E-state index < -0.39 is 6.04 Å². The summed E-state index contributed by atoms with van der Waals surface area (Å²) >= 11 is 0. The Balaban J connectivity index is 1.66. The molecule has 1 atom stereocenters. The van der Waals surface area contributed by atoms with Gasteiger partial charge in [0.05, 0.1) is 13.5 Å². The van der Waals surface area contributed by atoms with E-state index in [1.54, 1.807) is 24.4 Å².